The fraction of sp³-hybridized carbons (Fsp3) is 0.824. The van der Waals surface area contributed by atoms with Crippen molar-refractivity contribution < 1.29 is 50.0 Å². The topological polar surface area (TPSA) is 189 Å². The SMILES string of the molecule is CC/C=C\C/C=C\CCCCCCCCCCCCCCCC(O)C(=O)NC(COC1OC(CO)C(O)C(O)C1O)C(O)C(O)CCC/C=C/CC/C=C/CCCCCCCC. The van der Waals surface area contributed by atoms with Gasteiger partial charge in [0.2, 0.25) is 5.91 Å². The number of carbonyl (C=O) groups is 1. The molecule has 1 saturated heterocycles. The lowest BCUT2D eigenvalue weighted by Gasteiger charge is -2.40. The number of unbranched alkanes of at least 4 members (excludes halogenated alkanes) is 21. The molecule has 1 aliphatic rings. The van der Waals surface area contributed by atoms with Crippen molar-refractivity contribution in [2.24, 2.45) is 0 Å². The van der Waals surface area contributed by atoms with Crippen molar-refractivity contribution in [1.82, 2.24) is 5.32 Å². The number of amides is 1. The molecule has 1 fully saturated rings. The summed E-state index contributed by atoms with van der Waals surface area (Å²) in [6, 6.07) is -1.19. The van der Waals surface area contributed by atoms with Crippen molar-refractivity contribution in [3.63, 3.8) is 0 Å². The van der Waals surface area contributed by atoms with Gasteiger partial charge in [-0.3, -0.25) is 4.79 Å². The highest BCUT2D eigenvalue weighted by Crippen LogP contribution is 2.23. The van der Waals surface area contributed by atoms with Crippen LogP contribution in [-0.2, 0) is 14.3 Å². The summed E-state index contributed by atoms with van der Waals surface area (Å²) in [6.45, 7) is 3.31. The third kappa shape index (κ3) is 29.5. The van der Waals surface area contributed by atoms with Crippen molar-refractivity contribution in [1.29, 1.82) is 0 Å². The predicted octanol–water partition coefficient (Wildman–Crippen LogP) is 8.95. The summed E-state index contributed by atoms with van der Waals surface area (Å²) in [5, 5.41) is 75.8. The maximum Gasteiger partial charge on any atom is 0.249 e. The highest BCUT2D eigenvalue weighted by molar-refractivity contribution is 5.80. The molecule has 1 aliphatic heterocycles. The fourth-order valence-corrected chi connectivity index (χ4v) is 7.73. The molecule has 0 aromatic heterocycles. The molecular formula is C51H93NO10. The lowest BCUT2D eigenvalue weighted by molar-refractivity contribution is -0.303. The lowest BCUT2D eigenvalue weighted by atomic mass is 9.98. The first-order valence-electron chi connectivity index (χ1n) is 25.0. The van der Waals surface area contributed by atoms with Gasteiger partial charge in [0.25, 0.3) is 0 Å². The molecule has 62 heavy (non-hydrogen) atoms. The first-order valence-corrected chi connectivity index (χ1v) is 25.0. The molecule has 362 valence electrons. The van der Waals surface area contributed by atoms with E-state index in [2.05, 4.69) is 67.8 Å². The number of carbonyl (C=O) groups excluding carboxylic acids is 1. The average Bonchev–Trinajstić information content (AvgIpc) is 3.27. The first kappa shape index (κ1) is 58.1. The van der Waals surface area contributed by atoms with Crippen LogP contribution < -0.4 is 5.32 Å². The van der Waals surface area contributed by atoms with E-state index < -0.39 is 74.2 Å². The number of hydrogen-bond donors (Lipinski definition) is 8. The number of nitrogens with one attached hydrogen (secondary N) is 1. The zero-order valence-electron chi connectivity index (χ0n) is 39.1. The summed E-state index contributed by atoms with van der Waals surface area (Å²) >= 11 is 0. The smallest absolute Gasteiger partial charge is 0.249 e. The molecule has 0 radical (unpaired) electrons. The van der Waals surface area contributed by atoms with Crippen molar-refractivity contribution in [2.45, 2.75) is 255 Å². The number of ether oxygens (including phenoxy) is 2. The van der Waals surface area contributed by atoms with Crippen LogP contribution in [0, 0.1) is 0 Å². The molecule has 0 bridgehead atoms. The molecule has 1 rings (SSSR count). The second-order valence-electron chi connectivity index (χ2n) is 17.5. The minimum Gasteiger partial charge on any atom is -0.394 e. The third-order valence-corrected chi connectivity index (χ3v) is 11.8. The van der Waals surface area contributed by atoms with Gasteiger partial charge >= 0.3 is 0 Å². The minimum atomic E-state index is -1.67. The molecule has 0 aromatic rings. The van der Waals surface area contributed by atoms with E-state index in [1.165, 1.54) is 103 Å². The van der Waals surface area contributed by atoms with Gasteiger partial charge in [0, 0.05) is 0 Å². The van der Waals surface area contributed by atoms with Crippen LogP contribution in [0.15, 0.2) is 48.6 Å². The van der Waals surface area contributed by atoms with Crippen LogP contribution in [0.5, 0.6) is 0 Å². The van der Waals surface area contributed by atoms with E-state index in [-0.39, 0.29) is 12.8 Å². The summed E-state index contributed by atoms with van der Waals surface area (Å²) in [5.74, 6) is -0.713. The molecule has 0 spiro atoms. The van der Waals surface area contributed by atoms with Crippen LogP contribution in [0.25, 0.3) is 0 Å². The molecule has 0 saturated carbocycles. The summed E-state index contributed by atoms with van der Waals surface area (Å²) in [7, 11) is 0. The largest absolute Gasteiger partial charge is 0.394 e. The molecular weight excluding hydrogens is 787 g/mol. The third-order valence-electron chi connectivity index (χ3n) is 11.8. The summed E-state index contributed by atoms with van der Waals surface area (Å²) in [5.41, 5.74) is 0. The number of aliphatic hydroxyl groups is 7. The quantitative estimate of drug-likeness (QED) is 0.0218. The van der Waals surface area contributed by atoms with Gasteiger partial charge in [0.05, 0.1) is 25.4 Å². The lowest BCUT2D eigenvalue weighted by Crippen LogP contribution is -2.60. The predicted molar refractivity (Wildman–Crippen MR) is 251 cm³/mol. The summed E-state index contributed by atoms with van der Waals surface area (Å²) in [4.78, 5) is 13.1. The molecule has 11 heteroatoms. The standard InChI is InChI=1S/C51H93NO10/c1-3-5-7-9-11-13-15-17-19-20-21-22-23-25-27-29-31-33-35-37-39-44(55)50(60)52-42(41-61-51-49(59)48(58)47(57)45(40-53)62-51)46(56)43(54)38-36-34-32-30-28-26-24-18-16-14-12-10-8-6-4-2/h5,7,11,13,18,24,30,32,42-49,51,53-59H,3-4,6,8-10,12,14-17,19-23,25-29,31,33-41H2,1-2H3,(H,52,60)/b7-5-,13-11-,24-18+,32-30+. The highest BCUT2D eigenvalue weighted by Gasteiger charge is 2.44. The molecule has 1 heterocycles. The summed E-state index contributed by atoms with van der Waals surface area (Å²) < 4.78 is 11.1. The first-order chi connectivity index (χ1) is 30.2. The normalized spacial score (nSPS) is 21.7. The average molecular weight is 880 g/mol. The zero-order chi connectivity index (χ0) is 45.5. The number of allylic oxidation sites excluding steroid dienone is 8. The number of hydrogen-bond acceptors (Lipinski definition) is 10. The van der Waals surface area contributed by atoms with Crippen molar-refractivity contribution in [3.8, 4) is 0 Å². The van der Waals surface area contributed by atoms with Crippen molar-refractivity contribution >= 4 is 5.91 Å². The van der Waals surface area contributed by atoms with Gasteiger partial charge in [0.1, 0.15) is 36.6 Å². The van der Waals surface area contributed by atoms with Crippen molar-refractivity contribution in [2.75, 3.05) is 13.2 Å². The Balaban J connectivity index is 2.42. The van der Waals surface area contributed by atoms with Gasteiger partial charge in [-0.15, -0.1) is 0 Å². The van der Waals surface area contributed by atoms with Crippen molar-refractivity contribution in [3.05, 3.63) is 48.6 Å². The zero-order valence-corrected chi connectivity index (χ0v) is 39.1. The Morgan fingerprint density at radius 3 is 1.61 bits per heavy atom. The van der Waals surface area contributed by atoms with Crippen LogP contribution in [0.1, 0.15) is 200 Å². The van der Waals surface area contributed by atoms with E-state index in [4.69, 9.17) is 9.47 Å². The number of aliphatic hydroxyl groups excluding tert-OH is 7. The second kappa shape index (κ2) is 40.6. The minimum absolute atomic E-state index is 0.245. The van der Waals surface area contributed by atoms with E-state index in [0.29, 0.717) is 19.3 Å². The molecule has 0 aliphatic carbocycles. The van der Waals surface area contributed by atoms with E-state index >= 15 is 0 Å². The van der Waals surface area contributed by atoms with Gasteiger partial charge in [-0.1, -0.05) is 172 Å². The molecule has 9 atom stereocenters. The second-order valence-corrected chi connectivity index (χ2v) is 17.5. The van der Waals surface area contributed by atoms with Gasteiger partial charge in [-0.25, -0.2) is 0 Å². The Morgan fingerprint density at radius 1 is 0.581 bits per heavy atom. The Bertz CT molecular complexity index is 1150. The highest BCUT2D eigenvalue weighted by atomic mass is 16.7. The Morgan fingerprint density at radius 2 is 1.06 bits per heavy atom. The molecule has 1 amide bonds. The van der Waals surface area contributed by atoms with Gasteiger partial charge in [-0.2, -0.15) is 0 Å². The molecule has 8 N–H and O–H groups in total. The Kier molecular flexibility index (Phi) is 38.0. The van der Waals surface area contributed by atoms with Crippen LogP contribution in [0.3, 0.4) is 0 Å². The van der Waals surface area contributed by atoms with Crippen LogP contribution in [0.4, 0.5) is 0 Å². The summed E-state index contributed by atoms with van der Waals surface area (Å²) in [6.07, 6.45) is 37.3. The number of rotatable bonds is 41. The van der Waals surface area contributed by atoms with Gasteiger partial charge < -0.3 is 50.5 Å². The van der Waals surface area contributed by atoms with E-state index in [0.717, 1.165) is 51.4 Å². The molecule has 9 unspecified atom stereocenters. The van der Waals surface area contributed by atoms with Crippen LogP contribution >= 0.6 is 0 Å². The van der Waals surface area contributed by atoms with Crippen LogP contribution in [0.2, 0.25) is 0 Å². The Labute approximate surface area is 377 Å². The van der Waals surface area contributed by atoms with Gasteiger partial charge in [-0.05, 0) is 77.0 Å². The van der Waals surface area contributed by atoms with Crippen LogP contribution in [-0.4, -0.2) is 110 Å². The Hall–Kier alpha value is -1.93. The maximum atomic E-state index is 13.1. The van der Waals surface area contributed by atoms with E-state index in [9.17, 15) is 40.5 Å². The van der Waals surface area contributed by atoms with E-state index in [1.54, 1.807) is 0 Å². The fourth-order valence-electron chi connectivity index (χ4n) is 7.73. The van der Waals surface area contributed by atoms with Gasteiger partial charge in [0.15, 0.2) is 6.29 Å². The maximum absolute atomic E-state index is 13.1. The molecule has 0 aromatic carbocycles. The molecule has 11 nitrogen and oxygen atoms in total. The monoisotopic (exact) mass is 880 g/mol. The van der Waals surface area contributed by atoms with E-state index in [1.807, 2.05) is 0 Å².